The minimum Gasteiger partial charge on any atom is -0.346 e. The first kappa shape index (κ1) is 11.9. The molecule has 1 heterocycles. The van der Waals surface area contributed by atoms with Crippen molar-refractivity contribution in [3.63, 3.8) is 0 Å². The van der Waals surface area contributed by atoms with Crippen molar-refractivity contribution < 1.29 is 13.7 Å². The second kappa shape index (κ2) is 4.16. The first-order chi connectivity index (χ1) is 6.31. The molecule has 1 rings (SSSR count). The Hall–Kier alpha value is -0.130. The van der Waals surface area contributed by atoms with E-state index in [1.54, 1.807) is 0 Å². The van der Waals surface area contributed by atoms with Crippen LogP contribution >= 0.6 is 0 Å². The van der Waals surface area contributed by atoms with Crippen molar-refractivity contribution in [1.29, 1.82) is 0 Å². The van der Waals surface area contributed by atoms with E-state index in [9.17, 15) is 8.42 Å². The lowest BCUT2D eigenvalue weighted by Gasteiger charge is -2.35. The van der Waals surface area contributed by atoms with Crippen LogP contribution in [-0.2, 0) is 10.0 Å². The SMILES string of the molecule is CC(C)(NS(C)(=O)=O)C1CC[NH2+]CC1. The molecular formula is C9H21N2O2S+. The smallest absolute Gasteiger partial charge is 0.209 e. The van der Waals surface area contributed by atoms with E-state index in [1.165, 1.54) is 6.26 Å². The molecule has 0 spiro atoms. The molecule has 14 heavy (non-hydrogen) atoms. The summed E-state index contributed by atoms with van der Waals surface area (Å²) in [5, 5.41) is 2.28. The first-order valence-electron chi connectivity index (χ1n) is 5.12. The number of hydrogen-bond donors (Lipinski definition) is 2. The molecule has 4 nitrogen and oxygen atoms in total. The predicted octanol–water partition coefficient (Wildman–Crippen LogP) is -0.712. The number of sulfonamides is 1. The van der Waals surface area contributed by atoms with Gasteiger partial charge in [0.15, 0.2) is 0 Å². The van der Waals surface area contributed by atoms with Crippen molar-refractivity contribution in [2.24, 2.45) is 5.92 Å². The van der Waals surface area contributed by atoms with E-state index in [0.29, 0.717) is 5.92 Å². The van der Waals surface area contributed by atoms with E-state index in [4.69, 9.17) is 0 Å². The van der Waals surface area contributed by atoms with Crippen molar-refractivity contribution in [3.8, 4) is 0 Å². The summed E-state index contributed by atoms with van der Waals surface area (Å²) in [6, 6.07) is 0. The van der Waals surface area contributed by atoms with Gasteiger partial charge in [-0.15, -0.1) is 0 Å². The molecule has 0 unspecified atom stereocenters. The first-order valence-corrected chi connectivity index (χ1v) is 7.01. The van der Waals surface area contributed by atoms with E-state index >= 15 is 0 Å². The Morgan fingerprint density at radius 1 is 1.29 bits per heavy atom. The Balaban J connectivity index is 2.63. The Morgan fingerprint density at radius 2 is 1.79 bits per heavy atom. The van der Waals surface area contributed by atoms with Gasteiger partial charge >= 0.3 is 0 Å². The van der Waals surface area contributed by atoms with Crippen molar-refractivity contribution in [2.75, 3.05) is 19.3 Å². The molecule has 5 heteroatoms. The van der Waals surface area contributed by atoms with Crippen LogP contribution in [0.5, 0.6) is 0 Å². The lowest BCUT2D eigenvalue weighted by molar-refractivity contribution is -0.665. The molecule has 0 saturated carbocycles. The zero-order valence-corrected chi connectivity index (χ0v) is 10.0. The van der Waals surface area contributed by atoms with Gasteiger partial charge in [-0.1, -0.05) is 0 Å². The Labute approximate surface area is 86.5 Å². The molecule has 1 aliphatic rings. The summed E-state index contributed by atoms with van der Waals surface area (Å²) in [5.74, 6) is 0.460. The maximum absolute atomic E-state index is 11.2. The predicted molar refractivity (Wildman–Crippen MR) is 56.4 cm³/mol. The average molecular weight is 221 g/mol. The molecule has 0 aromatic carbocycles. The van der Waals surface area contributed by atoms with E-state index in [1.807, 2.05) is 13.8 Å². The third-order valence-corrected chi connectivity index (χ3v) is 3.80. The topological polar surface area (TPSA) is 62.8 Å². The van der Waals surface area contributed by atoms with Gasteiger partial charge in [-0.05, 0) is 19.8 Å². The molecule has 84 valence electrons. The number of nitrogens with one attached hydrogen (secondary N) is 1. The molecule has 0 bridgehead atoms. The zero-order valence-electron chi connectivity index (χ0n) is 9.21. The molecule has 0 amide bonds. The van der Waals surface area contributed by atoms with E-state index in [-0.39, 0.29) is 5.54 Å². The van der Waals surface area contributed by atoms with Gasteiger partial charge in [0.25, 0.3) is 0 Å². The van der Waals surface area contributed by atoms with Crippen LogP contribution in [0, 0.1) is 5.92 Å². The summed E-state index contributed by atoms with van der Waals surface area (Å²) >= 11 is 0. The molecule has 3 N–H and O–H groups in total. The highest BCUT2D eigenvalue weighted by Gasteiger charge is 2.33. The summed E-state index contributed by atoms with van der Waals surface area (Å²) in [7, 11) is -3.09. The van der Waals surface area contributed by atoms with Crippen molar-refractivity contribution >= 4 is 10.0 Å². The summed E-state index contributed by atoms with van der Waals surface area (Å²) in [6.45, 7) is 6.17. The quantitative estimate of drug-likeness (QED) is 0.661. The van der Waals surface area contributed by atoms with Crippen molar-refractivity contribution in [1.82, 2.24) is 4.72 Å². The highest BCUT2D eigenvalue weighted by atomic mass is 32.2. The molecule has 0 aliphatic carbocycles. The molecule has 1 saturated heterocycles. The fourth-order valence-electron chi connectivity index (χ4n) is 2.21. The summed E-state index contributed by atoms with van der Waals surface area (Å²) in [4.78, 5) is 0. The molecule has 0 aromatic heterocycles. The largest absolute Gasteiger partial charge is 0.346 e. The maximum Gasteiger partial charge on any atom is 0.209 e. The van der Waals surface area contributed by atoms with Gasteiger partial charge in [-0.2, -0.15) is 0 Å². The van der Waals surface area contributed by atoms with Gasteiger partial charge in [0.1, 0.15) is 0 Å². The third kappa shape index (κ3) is 3.55. The molecule has 1 aliphatic heterocycles. The van der Waals surface area contributed by atoms with Gasteiger partial charge in [0.2, 0.25) is 10.0 Å². The van der Waals surface area contributed by atoms with Gasteiger partial charge in [-0.25, -0.2) is 13.1 Å². The Kier molecular flexibility index (Phi) is 3.55. The van der Waals surface area contributed by atoms with Crippen molar-refractivity contribution in [2.45, 2.75) is 32.2 Å². The second-order valence-corrected chi connectivity index (χ2v) is 6.48. The van der Waals surface area contributed by atoms with Crippen LogP contribution in [0.3, 0.4) is 0 Å². The fraction of sp³-hybridized carbons (Fsp3) is 1.00. The second-order valence-electron chi connectivity index (χ2n) is 4.74. The van der Waals surface area contributed by atoms with Gasteiger partial charge < -0.3 is 5.32 Å². The summed E-state index contributed by atoms with van der Waals surface area (Å²) < 4.78 is 25.1. The van der Waals surface area contributed by atoms with Crippen LogP contribution in [0.2, 0.25) is 0 Å². The average Bonchev–Trinajstić information content (AvgIpc) is 2.01. The lowest BCUT2D eigenvalue weighted by Crippen LogP contribution is -2.87. The number of nitrogens with two attached hydrogens (primary N) is 1. The van der Waals surface area contributed by atoms with Crippen LogP contribution in [0.4, 0.5) is 0 Å². The number of hydrogen-bond acceptors (Lipinski definition) is 2. The van der Waals surface area contributed by atoms with E-state index < -0.39 is 10.0 Å². The van der Waals surface area contributed by atoms with E-state index in [2.05, 4.69) is 10.0 Å². The minimum atomic E-state index is -3.09. The summed E-state index contributed by atoms with van der Waals surface area (Å²) in [6.07, 6.45) is 3.41. The minimum absolute atomic E-state index is 0.304. The number of rotatable bonds is 3. The van der Waals surface area contributed by atoms with Crippen LogP contribution in [0.1, 0.15) is 26.7 Å². The highest BCUT2D eigenvalue weighted by molar-refractivity contribution is 7.88. The zero-order chi connectivity index (χ0) is 10.8. The molecule has 0 atom stereocenters. The monoisotopic (exact) mass is 221 g/mol. The Morgan fingerprint density at radius 3 is 2.21 bits per heavy atom. The molecule has 1 fully saturated rings. The Bertz CT molecular complexity index is 279. The van der Waals surface area contributed by atoms with Crippen LogP contribution in [-0.4, -0.2) is 33.3 Å². The molecule has 0 radical (unpaired) electrons. The standard InChI is InChI=1S/C9H20N2O2S/c1-9(2,11-14(3,12)13)8-4-6-10-7-5-8/h8,10-11H,4-7H2,1-3H3/p+1. The highest BCUT2D eigenvalue weighted by Crippen LogP contribution is 2.24. The normalized spacial score (nSPS) is 21.1. The number of piperidine rings is 1. The lowest BCUT2D eigenvalue weighted by atomic mass is 9.82. The van der Waals surface area contributed by atoms with Crippen LogP contribution in [0.15, 0.2) is 0 Å². The van der Waals surface area contributed by atoms with Gasteiger partial charge in [0.05, 0.1) is 19.3 Å². The van der Waals surface area contributed by atoms with Crippen molar-refractivity contribution in [3.05, 3.63) is 0 Å². The fourth-order valence-corrected chi connectivity index (χ4v) is 3.33. The van der Waals surface area contributed by atoms with Crippen LogP contribution in [0.25, 0.3) is 0 Å². The van der Waals surface area contributed by atoms with Gasteiger partial charge in [-0.3, -0.25) is 0 Å². The number of quaternary nitrogens is 1. The van der Waals surface area contributed by atoms with Gasteiger partial charge in [0, 0.05) is 18.4 Å². The maximum atomic E-state index is 11.2. The van der Waals surface area contributed by atoms with Crippen LogP contribution < -0.4 is 10.0 Å². The molecule has 0 aromatic rings. The summed E-state index contributed by atoms with van der Waals surface area (Å²) in [5.41, 5.74) is -0.304. The third-order valence-electron chi connectivity index (χ3n) is 2.91. The molecular weight excluding hydrogens is 200 g/mol. The van der Waals surface area contributed by atoms with E-state index in [0.717, 1.165) is 25.9 Å².